The van der Waals surface area contributed by atoms with E-state index in [1.54, 1.807) is 0 Å². The van der Waals surface area contributed by atoms with Gasteiger partial charge < -0.3 is 14.6 Å². The van der Waals surface area contributed by atoms with Gasteiger partial charge in [-0.05, 0) is 49.2 Å². The number of aliphatic hydroxyl groups is 1. The fourth-order valence-corrected chi connectivity index (χ4v) is 4.24. The number of para-hydroxylation sites is 1. The number of ether oxygens (including phenoxy) is 2. The van der Waals surface area contributed by atoms with Crippen molar-refractivity contribution in [1.82, 2.24) is 4.98 Å². The summed E-state index contributed by atoms with van der Waals surface area (Å²) in [5, 5.41) is 12.2. The summed E-state index contributed by atoms with van der Waals surface area (Å²) in [5.41, 5.74) is 3.79. The number of pyridine rings is 1. The topological polar surface area (TPSA) is 51.6 Å². The van der Waals surface area contributed by atoms with Crippen molar-refractivity contribution in [2.45, 2.75) is 32.2 Å². The Morgan fingerprint density at radius 3 is 2.61 bits per heavy atom. The van der Waals surface area contributed by atoms with Crippen LogP contribution in [0.5, 0.6) is 11.5 Å². The Morgan fingerprint density at radius 2 is 1.74 bits per heavy atom. The minimum atomic E-state index is -0.610. The van der Waals surface area contributed by atoms with E-state index >= 15 is 0 Å². The first-order valence-corrected chi connectivity index (χ1v) is 10.7. The highest BCUT2D eigenvalue weighted by Crippen LogP contribution is 2.41. The molecule has 3 atom stereocenters. The molecule has 4 nitrogen and oxygen atoms in total. The number of aliphatic hydroxyl groups excluding tert-OH is 1. The van der Waals surface area contributed by atoms with Crippen LogP contribution < -0.4 is 9.47 Å². The van der Waals surface area contributed by atoms with Crippen LogP contribution in [-0.4, -0.2) is 16.2 Å². The molecular formula is C27H25NO3. The van der Waals surface area contributed by atoms with Gasteiger partial charge in [0, 0.05) is 16.9 Å². The molecule has 156 valence electrons. The van der Waals surface area contributed by atoms with Crippen LogP contribution in [0.3, 0.4) is 0 Å². The van der Waals surface area contributed by atoms with E-state index in [0.717, 1.165) is 34.3 Å². The first-order valence-electron chi connectivity index (χ1n) is 10.7. The number of hydrogen-bond donors (Lipinski definition) is 1. The molecule has 0 radical (unpaired) electrons. The van der Waals surface area contributed by atoms with Crippen molar-refractivity contribution in [2.75, 3.05) is 0 Å². The van der Waals surface area contributed by atoms with Gasteiger partial charge in [0.1, 0.15) is 24.2 Å². The van der Waals surface area contributed by atoms with E-state index in [-0.39, 0.29) is 12.0 Å². The van der Waals surface area contributed by atoms with Crippen molar-refractivity contribution >= 4 is 10.9 Å². The van der Waals surface area contributed by atoms with Crippen LogP contribution in [0.25, 0.3) is 10.9 Å². The summed E-state index contributed by atoms with van der Waals surface area (Å²) in [6.07, 6.45) is 0.0758. The van der Waals surface area contributed by atoms with Crippen molar-refractivity contribution in [3.8, 4) is 11.5 Å². The fourth-order valence-electron chi connectivity index (χ4n) is 4.24. The number of benzene rings is 3. The highest BCUT2D eigenvalue weighted by Gasteiger charge is 2.35. The number of hydrogen-bond acceptors (Lipinski definition) is 4. The highest BCUT2D eigenvalue weighted by molar-refractivity contribution is 5.78. The Labute approximate surface area is 182 Å². The monoisotopic (exact) mass is 411 g/mol. The van der Waals surface area contributed by atoms with Crippen LogP contribution in [0.1, 0.15) is 29.8 Å². The molecule has 0 bridgehead atoms. The van der Waals surface area contributed by atoms with Gasteiger partial charge in [-0.2, -0.15) is 0 Å². The third-order valence-electron chi connectivity index (χ3n) is 5.98. The average Bonchev–Trinajstić information content (AvgIpc) is 2.81. The van der Waals surface area contributed by atoms with E-state index in [9.17, 15) is 5.11 Å². The van der Waals surface area contributed by atoms with Gasteiger partial charge >= 0.3 is 0 Å². The maximum Gasteiger partial charge on any atom is 0.130 e. The minimum absolute atomic E-state index is 0.0210. The highest BCUT2D eigenvalue weighted by atomic mass is 16.5. The molecule has 2 heterocycles. The molecule has 31 heavy (non-hydrogen) atoms. The third kappa shape index (κ3) is 4.12. The standard InChI is InChI=1S/C27H25NO3/c1-18-23(15-19-7-3-2-4-8-19)27(29)24-16-22(13-14-26(24)31-18)30-17-21-12-11-20-9-5-6-10-25(20)28-21/h2-14,16,18,23,27,29H,15,17H2,1H3. The van der Waals surface area contributed by atoms with Crippen LogP contribution in [-0.2, 0) is 13.0 Å². The van der Waals surface area contributed by atoms with Crippen LogP contribution in [0.15, 0.2) is 84.9 Å². The van der Waals surface area contributed by atoms with Gasteiger partial charge in [-0.15, -0.1) is 0 Å². The maximum absolute atomic E-state index is 11.1. The van der Waals surface area contributed by atoms with Crippen molar-refractivity contribution in [2.24, 2.45) is 5.92 Å². The van der Waals surface area contributed by atoms with Crippen LogP contribution in [0.2, 0.25) is 0 Å². The smallest absolute Gasteiger partial charge is 0.130 e. The average molecular weight is 412 g/mol. The minimum Gasteiger partial charge on any atom is -0.490 e. The molecule has 4 aromatic rings. The van der Waals surface area contributed by atoms with Gasteiger partial charge in [-0.1, -0.05) is 54.6 Å². The first kappa shape index (κ1) is 19.6. The second-order valence-electron chi connectivity index (χ2n) is 8.10. The van der Waals surface area contributed by atoms with Crippen molar-refractivity contribution < 1.29 is 14.6 Å². The lowest BCUT2D eigenvalue weighted by molar-refractivity contribution is 0.00778. The quantitative estimate of drug-likeness (QED) is 0.472. The predicted octanol–water partition coefficient (Wildman–Crippen LogP) is 5.49. The summed E-state index contributed by atoms with van der Waals surface area (Å²) in [4.78, 5) is 4.66. The molecule has 1 aromatic heterocycles. The summed E-state index contributed by atoms with van der Waals surface area (Å²) in [7, 11) is 0. The number of aromatic nitrogens is 1. The number of fused-ring (bicyclic) bond motifs is 2. The van der Waals surface area contributed by atoms with E-state index in [0.29, 0.717) is 12.4 Å². The van der Waals surface area contributed by atoms with Gasteiger partial charge in [0.05, 0.1) is 17.3 Å². The lowest BCUT2D eigenvalue weighted by Gasteiger charge is -2.36. The largest absolute Gasteiger partial charge is 0.490 e. The van der Waals surface area contributed by atoms with Crippen LogP contribution in [0.4, 0.5) is 0 Å². The van der Waals surface area contributed by atoms with E-state index < -0.39 is 6.10 Å². The van der Waals surface area contributed by atoms with E-state index in [1.165, 1.54) is 5.56 Å². The van der Waals surface area contributed by atoms with E-state index in [1.807, 2.05) is 73.7 Å². The Balaban J connectivity index is 1.33. The summed E-state index contributed by atoms with van der Waals surface area (Å²) in [5.74, 6) is 1.40. The molecule has 1 aliphatic rings. The zero-order valence-corrected chi connectivity index (χ0v) is 17.4. The molecule has 3 aromatic carbocycles. The second kappa shape index (κ2) is 8.40. The van der Waals surface area contributed by atoms with Crippen molar-refractivity contribution in [3.05, 3.63) is 102 Å². The Morgan fingerprint density at radius 1 is 0.935 bits per heavy atom. The molecule has 0 aliphatic carbocycles. The van der Waals surface area contributed by atoms with Gasteiger partial charge in [0.2, 0.25) is 0 Å². The second-order valence-corrected chi connectivity index (χ2v) is 8.10. The zero-order chi connectivity index (χ0) is 21.2. The summed E-state index contributed by atoms with van der Waals surface area (Å²) < 4.78 is 12.1. The molecule has 1 N–H and O–H groups in total. The molecule has 0 saturated heterocycles. The first-order chi connectivity index (χ1) is 15.2. The van der Waals surface area contributed by atoms with Gasteiger partial charge in [-0.25, -0.2) is 4.98 Å². The van der Waals surface area contributed by atoms with E-state index in [2.05, 4.69) is 23.2 Å². The maximum atomic E-state index is 11.1. The molecule has 0 fully saturated rings. The van der Waals surface area contributed by atoms with Crippen LogP contribution in [0, 0.1) is 5.92 Å². The van der Waals surface area contributed by atoms with Gasteiger partial charge in [0.15, 0.2) is 0 Å². The molecule has 0 saturated carbocycles. The lowest BCUT2D eigenvalue weighted by Crippen LogP contribution is -2.35. The number of nitrogens with zero attached hydrogens (tertiary/aromatic N) is 1. The number of rotatable bonds is 5. The molecule has 1 aliphatic heterocycles. The Kier molecular flexibility index (Phi) is 5.31. The van der Waals surface area contributed by atoms with Crippen LogP contribution >= 0.6 is 0 Å². The molecule has 0 spiro atoms. The SMILES string of the molecule is CC1Oc2ccc(OCc3ccc4ccccc4n3)cc2C(O)C1Cc1ccccc1. The van der Waals surface area contributed by atoms with Crippen molar-refractivity contribution in [1.29, 1.82) is 0 Å². The molecule has 3 unspecified atom stereocenters. The third-order valence-corrected chi connectivity index (χ3v) is 5.98. The van der Waals surface area contributed by atoms with E-state index in [4.69, 9.17) is 9.47 Å². The van der Waals surface area contributed by atoms with Gasteiger partial charge in [-0.3, -0.25) is 0 Å². The molecule has 5 rings (SSSR count). The summed E-state index contributed by atoms with van der Waals surface area (Å²) in [6, 6.07) is 28.0. The summed E-state index contributed by atoms with van der Waals surface area (Å²) >= 11 is 0. The van der Waals surface area contributed by atoms with Gasteiger partial charge in [0.25, 0.3) is 0 Å². The molecular weight excluding hydrogens is 386 g/mol. The molecule has 0 amide bonds. The molecule has 4 heteroatoms. The Bertz CT molecular complexity index is 1190. The lowest BCUT2D eigenvalue weighted by atomic mass is 9.84. The van der Waals surface area contributed by atoms with Crippen molar-refractivity contribution in [3.63, 3.8) is 0 Å². The summed E-state index contributed by atoms with van der Waals surface area (Å²) in [6.45, 7) is 2.39. The Hall–Kier alpha value is -3.37. The normalized spacial score (nSPS) is 20.1. The fraction of sp³-hybridized carbons (Fsp3) is 0.222. The predicted molar refractivity (Wildman–Crippen MR) is 121 cm³/mol. The zero-order valence-electron chi connectivity index (χ0n) is 17.4.